The van der Waals surface area contributed by atoms with Crippen molar-refractivity contribution in [2.24, 2.45) is 5.92 Å². The van der Waals surface area contributed by atoms with Crippen molar-refractivity contribution in [2.45, 2.75) is 31.6 Å². The van der Waals surface area contributed by atoms with Crippen LogP contribution >= 0.6 is 0 Å². The van der Waals surface area contributed by atoms with Crippen molar-refractivity contribution in [1.82, 2.24) is 10.2 Å². The van der Waals surface area contributed by atoms with Gasteiger partial charge in [0.2, 0.25) is 23.5 Å². The summed E-state index contributed by atoms with van der Waals surface area (Å²) in [5.74, 6) is -5.44. The van der Waals surface area contributed by atoms with E-state index in [9.17, 15) is 22.8 Å². The predicted molar refractivity (Wildman–Crippen MR) is 149 cm³/mol. The maximum Gasteiger partial charge on any atom is 0.259 e. The number of ketones is 1. The van der Waals surface area contributed by atoms with Gasteiger partial charge in [0.15, 0.2) is 9.84 Å². The van der Waals surface area contributed by atoms with E-state index in [4.69, 9.17) is 20.3 Å². The van der Waals surface area contributed by atoms with Crippen LogP contribution in [0, 0.1) is 16.7 Å². The Labute approximate surface area is 233 Å². The summed E-state index contributed by atoms with van der Waals surface area (Å²) in [4.78, 5) is 40.8. The summed E-state index contributed by atoms with van der Waals surface area (Å²) in [6.45, 7) is 2.98. The first-order valence-electron chi connectivity index (χ1n) is 12.9. The van der Waals surface area contributed by atoms with E-state index in [1.807, 2.05) is 0 Å². The molecule has 2 atom stereocenters. The lowest BCUT2D eigenvalue weighted by atomic mass is 10.0. The van der Waals surface area contributed by atoms with Crippen molar-refractivity contribution in [3.63, 3.8) is 0 Å². The molecule has 40 heavy (non-hydrogen) atoms. The first-order valence-corrected chi connectivity index (χ1v) is 14.8. The lowest BCUT2D eigenvalue weighted by Crippen LogP contribution is -2.49. The van der Waals surface area contributed by atoms with Crippen LogP contribution in [0.4, 0.5) is 0 Å². The van der Waals surface area contributed by atoms with Crippen LogP contribution in [0.25, 0.3) is 0 Å². The number of morpholine rings is 1. The number of nitrogens with zero attached hydrogens (tertiary/aromatic N) is 1. The fourth-order valence-corrected chi connectivity index (χ4v) is 5.88. The topological polar surface area (TPSA) is 167 Å². The Kier molecular flexibility index (Phi) is 11.1. The maximum absolute atomic E-state index is 13.4. The van der Waals surface area contributed by atoms with Crippen LogP contribution in [-0.2, 0) is 39.4 Å². The summed E-state index contributed by atoms with van der Waals surface area (Å²) in [5.41, 5.74) is 0.914. The molecule has 1 saturated heterocycles. The van der Waals surface area contributed by atoms with Crippen LogP contribution in [0.1, 0.15) is 30.9 Å². The Hall–Kier alpha value is -3.90. The number of amides is 2. The number of rotatable bonds is 12. The van der Waals surface area contributed by atoms with Gasteiger partial charge in [-0.25, -0.2) is 8.42 Å². The zero-order valence-electron chi connectivity index (χ0n) is 22.3. The molecule has 2 unspecified atom stereocenters. The average molecular weight is 571 g/mol. The molecule has 0 spiro atoms. The number of carbonyl (C=O) groups is 3. The molecule has 0 aliphatic carbocycles. The summed E-state index contributed by atoms with van der Waals surface area (Å²) >= 11 is 0. The van der Waals surface area contributed by atoms with Gasteiger partial charge in [-0.05, 0) is 24.1 Å². The molecule has 3 N–H and O–H groups in total. The van der Waals surface area contributed by atoms with E-state index in [0.717, 1.165) is 0 Å². The van der Waals surface area contributed by atoms with E-state index < -0.39 is 51.0 Å². The van der Waals surface area contributed by atoms with Gasteiger partial charge in [0.25, 0.3) is 5.90 Å². The largest absolute Gasteiger partial charge is 0.417 e. The second-order valence-electron chi connectivity index (χ2n) is 9.39. The molecule has 11 nitrogen and oxygen atoms in total. The lowest BCUT2D eigenvalue weighted by molar-refractivity contribution is -0.139. The lowest BCUT2D eigenvalue weighted by Gasteiger charge is -2.28. The van der Waals surface area contributed by atoms with Crippen LogP contribution < -0.4 is 5.32 Å². The van der Waals surface area contributed by atoms with Gasteiger partial charge in [-0.15, -0.1) is 0 Å². The van der Waals surface area contributed by atoms with Gasteiger partial charge in [-0.3, -0.25) is 25.2 Å². The van der Waals surface area contributed by atoms with E-state index in [2.05, 4.69) is 5.32 Å². The van der Waals surface area contributed by atoms with E-state index in [1.54, 1.807) is 67.6 Å². The van der Waals surface area contributed by atoms with Crippen molar-refractivity contribution < 1.29 is 32.3 Å². The van der Waals surface area contributed by atoms with E-state index in [1.165, 1.54) is 4.90 Å². The third-order valence-corrected chi connectivity index (χ3v) is 8.03. The molecule has 1 aliphatic rings. The molecular formula is C28H34N4O7S. The van der Waals surface area contributed by atoms with Gasteiger partial charge in [0, 0.05) is 25.1 Å². The minimum absolute atomic E-state index is 0.0792. The number of sulfone groups is 1. The molecule has 214 valence electrons. The number of Topliss-reactive ketones (excluding diaryl/α,β-unsaturated/α-hetero) is 1. The highest BCUT2D eigenvalue weighted by atomic mass is 32.2. The summed E-state index contributed by atoms with van der Waals surface area (Å²) in [6, 6.07) is 15.6. The van der Waals surface area contributed by atoms with Crippen LogP contribution in [0.2, 0.25) is 0 Å². The molecule has 0 radical (unpaired) electrons. The maximum atomic E-state index is 13.4. The van der Waals surface area contributed by atoms with Crippen molar-refractivity contribution in [3.05, 3.63) is 71.8 Å². The van der Waals surface area contributed by atoms with Crippen molar-refractivity contribution in [2.75, 3.05) is 32.1 Å². The monoisotopic (exact) mass is 570 g/mol. The molecule has 12 heteroatoms. The van der Waals surface area contributed by atoms with Crippen molar-refractivity contribution in [1.29, 1.82) is 10.8 Å². The summed E-state index contributed by atoms with van der Waals surface area (Å²) < 4.78 is 36.5. The zero-order valence-corrected chi connectivity index (χ0v) is 23.1. The second kappa shape index (κ2) is 14.5. The Bertz CT molecular complexity index is 1310. The van der Waals surface area contributed by atoms with Crippen molar-refractivity contribution >= 4 is 39.2 Å². The third-order valence-electron chi connectivity index (χ3n) is 6.35. The smallest absolute Gasteiger partial charge is 0.259 e. The number of hydrogen-bond acceptors (Lipinski definition) is 9. The minimum atomic E-state index is -3.82. The Morgan fingerprint density at radius 2 is 1.60 bits per heavy atom. The average Bonchev–Trinajstić information content (AvgIpc) is 2.96. The molecule has 0 saturated carbocycles. The minimum Gasteiger partial charge on any atom is -0.417 e. The van der Waals surface area contributed by atoms with E-state index >= 15 is 0 Å². The third kappa shape index (κ3) is 9.09. The summed E-state index contributed by atoms with van der Waals surface area (Å²) in [7, 11) is -3.82. The molecule has 0 bridgehead atoms. The molecule has 1 aliphatic heterocycles. The highest BCUT2D eigenvalue weighted by molar-refractivity contribution is 7.90. The Morgan fingerprint density at radius 1 is 1.00 bits per heavy atom. The van der Waals surface area contributed by atoms with Gasteiger partial charge in [-0.2, -0.15) is 0 Å². The van der Waals surface area contributed by atoms with Gasteiger partial charge < -0.3 is 19.7 Å². The summed E-state index contributed by atoms with van der Waals surface area (Å²) in [5, 5.41) is 18.6. The quantitative estimate of drug-likeness (QED) is 0.259. The van der Waals surface area contributed by atoms with Gasteiger partial charge >= 0.3 is 0 Å². The van der Waals surface area contributed by atoms with Crippen molar-refractivity contribution in [3.8, 4) is 0 Å². The van der Waals surface area contributed by atoms with Gasteiger partial charge in [0.1, 0.15) is 0 Å². The first-order chi connectivity index (χ1) is 19.1. The molecule has 2 aromatic rings. The standard InChI is InChI=1S/C28H34N4O7S/c1-2-23(25(34)27(30)39-26(29)21-11-7-4-8-12-21)31-28(35)22(17-24(33)32-13-15-38-16-14-32)19-40(36,37)18-20-9-5-3-6-10-20/h3-12,22-23,29-30H,2,13-19H2,1H3,(H,31,35). The summed E-state index contributed by atoms with van der Waals surface area (Å²) in [6.07, 6.45) is -0.285. The first kappa shape index (κ1) is 30.6. The van der Waals surface area contributed by atoms with Crippen LogP contribution in [0.15, 0.2) is 60.7 Å². The molecule has 3 rings (SSSR count). The Morgan fingerprint density at radius 3 is 2.20 bits per heavy atom. The van der Waals surface area contributed by atoms with Crippen LogP contribution in [0.3, 0.4) is 0 Å². The second-order valence-corrected chi connectivity index (χ2v) is 11.5. The molecule has 1 fully saturated rings. The number of nitrogens with one attached hydrogen (secondary N) is 3. The fourth-order valence-electron chi connectivity index (χ4n) is 4.18. The van der Waals surface area contributed by atoms with E-state index in [-0.39, 0.29) is 24.5 Å². The number of carbonyl (C=O) groups excluding carboxylic acids is 3. The zero-order chi connectivity index (χ0) is 29.1. The normalized spacial score (nSPS) is 15.0. The fraction of sp³-hybridized carbons (Fsp3) is 0.393. The molecule has 2 amide bonds. The number of ether oxygens (including phenoxy) is 2. The van der Waals surface area contributed by atoms with Crippen LogP contribution in [0.5, 0.6) is 0 Å². The Balaban J connectivity index is 1.72. The molecule has 1 heterocycles. The van der Waals surface area contributed by atoms with Crippen LogP contribution in [-0.4, -0.2) is 80.8 Å². The van der Waals surface area contributed by atoms with E-state index in [0.29, 0.717) is 37.4 Å². The molecule has 2 aromatic carbocycles. The SMILES string of the molecule is CCC(NC(=O)C(CC(=O)N1CCOCC1)CS(=O)(=O)Cc1ccccc1)C(=O)C(=N)OC(=N)c1ccccc1. The molecular weight excluding hydrogens is 536 g/mol. The number of hydrogen-bond donors (Lipinski definition) is 3. The highest BCUT2D eigenvalue weighted by Gasteiger charge is 2.33. The van der Waals surface area contributed by atoms with Gasteiger partial charge in [-0.1, -0.05) is 55.5 Å². The highest BCUT2D eigenvalue weighted by Crippen LogP contribution is 2.16. The predicted octanol–water partition coefficient (Wildman–Crippen LogP) is 1.95. The molecule has 0 aromatic heterocycles. The van der Waals surface area contributed by atoms with Gasteiger partial charge in [0.05, 0.1) is 36.7 Å². The number of benzene rings is 2.